The van der Waals surface area contributed by atoms with Gasteiger partial charge in [-0.1, -0.05) is 30.3 Å². The maximum absolute atomic E-state index is 14.1. The molecule has 4 atom stereocenters. The minimum Gasteiger partial charge on any atom is -0.497 e. The Morgan fingerprint density at radius 1 is 1.09 bits per heavy atom. The molecule has 0 fully saturated rings. The molecule has 35 heavy (non-hydrogen) atoms. The summed E-state index contributed by atoms with van der Waals surface area (Å²) in [6.07, 6.45) is 0.377. The first kappa shape index (κ1) is 29.6. The molecular weight excluding hydrogens is 496 g/mol. The fraction of sp³-hybridized carbons (Fsp3) is 0.520. The second kappa shape index (κ2) is 14.8. The van der Waals surface area contributed by atoms with Crippen LogP contribution in [0.4, 0.5) is 4.20 Å². The first-order chi connectivity index (χ1) is 16.6. The molecule has 0 saturated carbocycles. The van der Waals surface area contributed by atoms with E-state index in [2.05, 4.69) is 6.07 Å². The maximum atomic E-state index is 14.1. The minimum absolute atomic E-state index is 0.199. The normalized spacial score (nSPS) is 15.9. The van der Waals surface area contributed by atoms with Crippen LogP contribution < -0.4 is 9.47 Å². The number of alkyl halides is 1. The number of benzene rings is 2. The van der Waals surface area contributed by atoms with Crippen molar-refractivity contribution in [3.63, 3.8) is 0 Å². The van der Waals surface area contributed by atoms with E-state index in [1.807, 2.05) is 61.5 Å². The second-order valence-electron chi connectivity index (χ2n) is 8.49. The molecule has 0 aromatic heterocycles. The summed E-state index contributed by atoms with van der Waals surface area (Å²) in [4.78, 5) is 1.91. The topological polar surface area (TPSA) is 66.5 Å². The highest BCUT2D eigenvalue weighted by Crippen LogP contribution is 2.51. The Morgan fingerprint density at radius 3 is 2.51 bits per heavy atom. The van der Waals surface area contributed by atoms with Gasteiger partial charge >= 0.3 is 7.91 Å². The Kier molecular flexibility index (Phi) is 12.5. The summed E-state index contributed by atoms with van der Waals surface area (Å²) in [5.41, 5.74) is 2.22. The zero-order valence-corrected chi connectivity index (χ0v) is 22.6. The van der Waals surface area contributed by atoms with Gasteiger partial charge in [0.1, 0.15) is 24.2 Å². The van der Waals surface area contributed by atoms with E-state index in [4.69, 9.17) is 34.9 Å². The zero-order chi connectivity index (χ0) is 25.8. The molecule has 0 N–H and O–H groups in total. The van der Waals surface area contributed by atoms with E-state index in [1.165, 1.54) is 12.5 Å². The molecule has 2 aromatic carbocycles. The summed E-state index contributed by atoms with van der Waals surface area (Å²) < 4.78 is 52.5. The van der Waals surface area contributed by atoms with Crippen LogP contribution in [0.15, 0.2) is 48.5 Å². The molecule has 0 aliphatic heterocycles. The molecule has 10 heteroatoms. The number of hydrogen-bond acceptors (Lipinski definition) is 7. The monoisotopic (exact) mass is 531 g/mol. The van der Waals surface area contributed by atoms with E-state index in [0.717, 1.165) is 29.9 Å². The van der Waals surface area contributed by atoms with Gasteiger partial charge in [0, 0.05) is 6.54 Å². The molecule has 7 nitrogen and oxygen atoms in total. The van der Waals surface area contributed by atoms with E-state index < -0.39 is 32.3 Å². The average molecular weight is 532 g/mol. The highest BCUT2D eigenvalue weighted by atomic mass is 35.5. The number of ether oxygens (including phenoxy) is 3. The van der Waals surface area contributed by atoms with Crippen molar-refractivity contribution in [1.29, 1.82) is 0 Å². The van der Waals surface area contributed by atoms with Gasteiger partial charge in [-0.05, 0) is 70.1 Å². The summed E-state index contributed by atoms with van der Waals surface area (Å²) in [6, 6.07) is 15.8. The standard InChI is InChI=1S/C25H36ClFNO6P/c1-19(26)20(2)34-35(27,29)33-18-32-24(16-28(3)4)17-31-25-12-7-6-10-22(25)14-13-21-9-8-11-23(15-21)30-5/h6-12,15,19-20,24H,13-14,16-18H2,1-5H3/t19?,20?,24-,35-/m1/s1. The smallest absolute Gasteiger partial charge is 0.497 e. The van der Waals surface area contributed by atoms with Crippen molar-refractivity contribution in [3.8, 4) is 11.5 Å². The Labute approximate surface area is 213 Å². The Morgan fingerprint density at radius 2 is 1.83 bits per heavy atom. The molecule has 2 aromatic rings. The summed E-state index contributed by atoms with van der Waals surface area (Å²) >= 11 is 5.83. The van der Waals surface area contributed by atoms with Crippen LogP contribution in [0.1, 0.15) is 25.0 Å². The number of rotatable bonds is 16. The lowest BCUT2D eigenvalue weighted by atomic mass is 10.0. The van der Waals surface area contributed by atoms with Crippen molar-refractivity contribution >= 4 is 19.5 Å². The molecule has 0 heterocycles. The number of halogens is 2. The van der Waals surface area contributed by atoms with E-state index in [-0.39, 0.29) is 6.61 Å². The summed E-state index contributed by atoms with van der Waals surface area (Å²) in [6.45, 7) is 3.27. The van der Waals surface area contributed by atoms with E-state index in [9.17, 15) is 8.76 Å². The van der Waals surface area contributed by atoms with E-state index in [1.54, 1.807) is 14.0 Å². The molecule has 0 saturated heterocycles. The third-order valence-electron chi connectivity index (χ3n) is 5.23. The molecule has 0 bridgehead atoms. The largest absolute Gasteiger partial charge is 0.515 e. The number of hydrogen-bond donors (Lipinski definition) is 0. The molecule has 2 unspecified atom stereocenters. The molecule has 0 spiro atoms. The second-order valence-corrected chi connectivity index (χ2v) is 10.5. The lowest BCUT2D eigenvalue weighted by molar-refractivity contribution is -0.0702. The number of para-hydroxylation sites is 1. The number of methoxy groups -OCH3 is 1. The number of nitrogens with zero attached hydrogens (tertiary/aromatic N) is 1. The van der Waals surface area contributed by atoms with Gasteiger partial charge in [0.15, 0.2) is 6.79 Å². The third-order valence-corrected chi connectivity index (χ3v) is 6.59. The Balaban J connectivity index is 1.93. The van der Waals surface area contributed by atoms with Gasteiger partial charge in [-0.3, -0.25) is 9.05 Å². The molecule has 0 radical (unpaired) electrons. The predicted octanol–water partition coefficient (Wildman–Crippen LogP) is 5.89. The van der Waals surface area contributed by atoms with Crippen molar-refractivity contribution in [2.45, 2.75) is 44.3 Å². The van der Waals surface area contributed by atoms with Crippen LogP contribution in [0.25, 0.3) is 0 Å². The highest BCUT2D eigenvalue weighted by molar-refractivity contribution is 7.48. The van der Waals surface area contributed by atoms with Crippen LogP contribution in [-0.2, 0) is 31.2 Å². The van der Waals surface area contributed by atoms with Crippen LogP contribution in [-0.4, -0.2) is 63.6 Å². The SMILES string of the molecule is COc1cccc(CCc2ccccc2OC[C@@H](CN(C)C)OCO[P@](=O)(F)OC(C)C(C)Cl)c1. The molecule has 0 aliphatic rings. The van der Waals surface area contributed by atoms with Crippen LogP contribution >= 0.6 is 19.5 Å². The molecule has 196 valence electrons. The lowest BCUT2D eigenvalue weighted by Gasteiger charge is -2.23. The molecule has 0 amide bonds. The van der Waals surface area contributed by atoms with Gasteiger partial charge in [0.2, 0.25) is 0 Å². The zero-order valence-electron chi connectivity index (χ0n) is 21.0. The average Bonchev–Trinajstić information content (AvgIpc) is 2.81. The quantitative estimate of drug-likeness (QED) is 0.152. The van der Waals surface area contributed by atoms with Crippen LogP contribution in [0.3, 0.4) is 0 Å². The summed E-state index contributed by atoms with van der Waals surface area (Å²) in [5, 5.41) is -0.525. The number of likely N-dealkylation sites (N-methyl/N-ethyl adjacent to an activating group) is 1. The van der Waals surface area contributed by atoms with Crippen molar-refractivity contribution in [1.82, 2.24) is 4.90 Å². The van der Waals surface area contributed by atoms with Crippen molar-refractivity contribution in [2.24, 2.45) is 0 Å². The first-order valence-electron chi connectivity index (χ1n) is 11.5. The minimum atomic E-state index is -4.79. The van der Waals surface area contributed by atoms with E-state index >= 15 is 0 Å². The fourth-order valence-electron chi connectivity index (χ4n) is 3.20. The van der Waals surface area contributed by atoms with Crippen molar-refractivity contribution in [3.05, 3.63) is 59.7 Å². The van der Waals surface area contributed by atoms with Gasteiger partial charge < -0.3 is 19.1 Å². The summed E-state index contributed by atoms with van der Waals surface area (Å²) in [7, 11) is 0.620. The summed E-state index contributed by atoms with van der Waals surface area (Å²) in [5.74, 6) is 1.57. The molecular formula is C25H36ClFNO6P. The third kappa shape index (κ3) is 11.3. The van der Waals surface area contributed by atoms with Gasteiger partial charge in [-0.25, -0.2) is 4.57 Å². The lowest BCUT2D eigenvalue weighted by Crippen LogP contribution is -2.34. The van der Waals surface area contributed by atoms with Gasteiger partial charge in [-0.2, -0.15) is 0 Å². The van der Waals surface area contributed by atoms with Crippen LogP contribution in [0, 0.1) is 0 Å². The number of aryl methyl sites for hydroxylation is 2. The Hall–Kier alpha value is -1.67. The molecule has 0 aliphatic carbocycles. The van der Waals surface area contributed by atoms with Gasteiger partial charge in [0.05, 0.1) is 18.6 Å². The van der Waals surface area contributed by atoms with Crippen molar-refractivity contribution < 1.29 is 32.0 Å². The predicted molar refractivity (Wildman–Crippen MR) is 136 cm³/mol. The molecule has 2 rings (SSSR count). The maximum Gasteiger partial charge on any atom is 0.515 e. The first-order valence-corrected chi connectivity index (χ1v) is 13.3. The van der Waals surface area contributed by atoms with Crippen LogP contribution in [0.5, 0.6) is 11.5 Å². The van der Waals surface area contributed by atoms with E-state index in [0.29, 0.717) is 6.54 Å². The fourth-order valence-corrected chi connectivity index (χ4v) is 4.15. The Bertz CT molecular complexity index is 948. The van der Waals surface area contributed by atoms with Crippen LogP contribution in [0.2, 0.25) is 0 Å². The highest BCUT2D eigenvalue weighted by Gasteiger charge is 2.29. The van der Waals surface area contributed by atoms with Gasteiger partial charge in [-0.15, -0.1) is 15.8 Å². The van der Waals surface area contributed by atoms with Gasteiger partial charge in [0.25, 0.3) is 0 Å². The van der Waals surface area contributed by atoms with Crippen molar-refractivity contribution in [2.75, 3.05) is 41.1 Å².